The topological polar surface area (TPSA) is 424 Å². The minimum Gasteiger partial charge on any atom is -0.870 e. The van der Waals surface area contributed by atoms with Crippen LogP contribution in [-0.4, -0.2) is 205 Å². The van der Waals surface area contributed by atoms with E-state index in [4.69, 9.17) is 81.1 Å². The standard InChI is InChI=1S/C30H36O9.C28H31BrO9.C23H28O7.C2H7BO2.Li.2H2O/c1-6-22-8-9-23(15-24(22)13-21-7-10-25-26(14-21)35-12-11-34-25)29-30(38-20(5)33)28(37-19(4)32)17(2)27(39-29)16-36-18(3)31;1-15-25(14-35-16(2)30)38-27(28(37-18(4)32)26(15)36-17(3)31)20-6-7-22(29)21(13-20)11-19-5-8-23-24(12-19)34-10-9-33-23;1-2-14-4-5-15(23-22(27)21(26)20(25)19(12-24)30-23)11-16(14)9-13-3-6-17-18(10-13)29-8-7-28-17;1-2-3(4)5;;;/h7-10,14-15,17,27-30H,6,11-13,16H2,1-5H3;5-8,12-13,15,25-28H,9-11,14H2,1-4H3;3-6,10-11,19-27H,2,7-9,12H2,1H3;4-5H,2H2,1H3;;2*1H2/q;;;;+1;;/p-1/t17-,27-,28+,29+,30-;15-,25-,26+,27+,28-;19-,20-,21+,22-,23+;;;;/m111..../s1. The third kappa shape index (κ3) is 26.1. The number of esters is 6. The Hall–Kier alpha value is -8.36. The number of hydrogen-bond donors (Lipinski definition) is 6. The van der Waals surface area contributed by atoms with E-state index in [1.807, 2.05) is 123 Å². The Kier molecular flexibility index (Phi) is 37.7. The van der Waals surface area contributed by atoms with E-state index >= 15 is 0 Å². The van der Waals surface area contributed by atoms with Crippen molar-refractivity contribution in [3.8, 4) is 34.5 Å². The molecule has 29 nitrogen and oxygen atoms in total. The molecular formula is C83H105BBrLiO29. The number of ether oxygens (including phenoxy) is 15. The molecule has 0 aliphatic carbocycles. The zero-order chi connectivity index (χ0) is 81.0. The molecule has 3 fully saturated rings. The molecule has 0 amide bonds. The van der Waals surface area contributed by atoms with Crippen molar-refractivity contribution in [2.45, 2.75) is 194 Å². The van der Waals surface area contributed by atoms with Crippen molar-refractivity contribution < 1.29 is 160 Å². The summed E-state index contributed by atoms with van der Waals surface area (Å²) in [4.78, 5) is 71.3. The summed E-state index contributed by atoms with van der Waals surface area (Å²) in [6.07, 6.45) is -7.95. The number of carbonyl (C=O) groups is 6. The Morgan fingerprint density at radius 2 is 0.739 bits per heavy atom. The summed E-state index contributed by atoms with van der Waals surface area (Å²) in [5.74, 6) is 0.607. The van der Waals surface area contributed by atoms with Gasteiger partial charge < -0.3 is 112 Å². The van der Waals surface area contributed by atoms with E-state index in [1.54, 1.807) is 6.92 Å². The zero-order valence-corrected chi connectivity index (χ0v) is 68.4. The van der Waals surface area contributed by atoms with Crippen molar-refractivity contribution in [1.29, 1.82) is 0 Å². The van der Waals surface area contributed by atoms with Crippen LogP contribution in [0, 0.1) is 11.8 Å². The molecule has 6 aromatic rings. The molecule has 6 aliphatic heterocycles. The monoisotopic (exact) mass is 1660 g/mol. The van der Waals surface area contributed by atoms with Gasteiger partial charge in [0.15, 0.2) is 46.7 Å². The van der Waals surface area contributed by atoms with Crippen LogP contribution in [0.1, 0.15) is 156 Å². The predicted molar refractivity (Wildman–Crippen MR) is 414 cm³/mol. The zero-order valence-electron chi connectivity index (χ0n) is 66.8. The molecule has 0 saturated carbocycles. The second kappa shape index (κ2) is 45.4. The van der Waals surface area contributed by atoms with Crippen molar-refractivity contribution in [2.75, 3.05) is 59.5 Å². The Morgan fingerprint density at radius 1 is 0.417 bits per heavy atom. The maximum atomic E-state index is 12.1. The fourth-order valence-corrected chi connectivity index (χ4v) is 14.4. The van der Waals surface area contributed by atoms with Crippen molar-refractivity contribution >= 4 is 58.9 Å². The van der Waals surface area contributed by atoms with Gasteiger partial charge in [0, 0.05) is 57.9 Å². The first-order chi connectivity index (χ1) is 53.6. The molecule has 6 heterocycles. The number of aliphatic hydroxyl groups is 4. The maximum absolute atomic E-state index is 12.1. The van der Waals surface area contributed by atoms with Gasteiger partial charge in [-0.2, -0.15) is 0 Å². The molecule has 3 saturated heterocycles. The minimum atomic E-state index is -1.40. The number of aryl methyl sites for hydroxylation is 2. The Balaban J connectivity index is 0.000000259. The second-order valence-corrected chi connectivity index (χ2v) is 28.9. The quantitative estimate of drug-likeness (QED) is 0.0312. The Labute approximate surface area is 689 Å². The van der Waals surface area contributed by atoms with Crippen LogP contribution in [0.5, 0.6) is 34.5 Å². The van der Waals surface area contributed by atoms with Crippen LogP contribution < -0.4 is 47.3 Å². The number of aliphatic hydroxyl groups excluding tert-OH is 4. The molecule has 0 unspecified atom stereocenters. The van der Waals surface area contributed by atoms with Gasteiger partial charge in [0.2, 0.25) is 0 Å². The maximum Gasteiger partial charge on any atom is 1.00 e. The van der Waals surface area contributed by atoms with E-state index in [0.717, 1.165) is 96.1 Å². The van der Waals surface area contributed by atoms with Gasteiger partial charge in [-0.1, -0.05) is 117 Å². The van der Waals surface area contributed by atoms with Crippen LogP contribution in [0.15, 0.2) is 114 Å². The van der Waals surface area contributed by atoms with Crippen molar-refractivity contribution in [3.63, 3.8) is 0 Å². The van der Waals surface area contributed by atoms with E-state index in [2.05, 4.69) is 29.8 Å². The van der Waals surface area contributed by atoms with Crippen molar-refractivity contribution in [3.05, 3.63) is 175 Å². The molecule has 6 aliphatic rings. The molecule has 32 heteroatoms. The van der Waals surface area contributed by atoms with Crippen LogP contribution >= 0.6 is 15.9 Å². The molecule has 0 aromatic heterocycles. The first-order valence-electron chi connectivity index (χ1n) is 37.7. The number of carbonyl (C=O) groups excluding carboxylic acids is 6. The molecule has 9 N–H and O–H groups in total. The number of rotatable bonds is 21. The van der Waals surface area contributed by atoms with Crippen LogP contribution in [0.4, 0.5) is 0 Å². The van der Waals surface area contributed by atoms with E-state index in [9.17, 15) is 49.2 Å². The third-order valence-electron chi connectivity index (χ3n) is 19.7. The van der Waals surface area contributed by atoms with E-state index in [0.29, 0.717) is 76.5 Å². The largest absolute Gasteiger partial charge is 1.00 e. The van der Waals surface area contributed by atoms with Crippen LogP contribution in [0.3, 0.4) is 0 Å². The van der Waals surface area contributed by atoms with Gasteiger partial charge in [0.05, 0.1) is 18.8 Å². The normalized spacial score (nSPS) is 23.9. The molecule has 6 aromatic carbocycles. The molecule has 12 rings (SSSR count). The number of halogens is 1. The first kappa shape index (κ1) is 95.5. The predicted octanol–water partition coefficient (Wildman–Crippen LogP) is 5.03. The molecule has 622 valence electrons. The molecular weight excluding hydrogens is 1560 g/mol. The molecule has 115 heavy (non-hydrogen) atoms. The SMILES string of the molecule is CC(=O)OC[C@H]1O[C@@H](c2ccc(Br)c(Cc3ccc4c(c3)OCCO4)c2)[C@H](OC(C)=O)[C@@H](OC(C)=O)[C@@H]1C.CCB(O)O.CCc1ccc([C@@H]2O[C@H](CO)[C@@H](O)[C@H](O)[C@H]2O)cc1Cc1ccc2c(c1)OCCO2.CCc1ccc([C@@H]2O[C@H](COC(C)=O)[C@@H](C)[C@H](OC(C)=O)[C@H]2OC(C)=O)cc1Cc1ccc2c(c1)OCCO2.O.[Li+].[OH-]. The summed E-state index contributed by atoms with van der Waals surface area (Å²) in [5.41, 5.74) is 10.8. The van der Waals surface area contributed by atoms with Gasteiger partial charge in [-0.3, -0.25) is 28.8 Å². The van der Waals surface area contributed by atoms with Gasteiger partial charge in [-0.25, -0.2) is 0 Å². The summed E-state index contributed by atoms with van der Waals surface area (Å²) < 4.78 is 86.6. The average molecular weight is 1660 g/mol. The molecule has 0 bridgehead atoms. The second-order valence-electron chi connectivity index (χ2n) is 28.0. The number of fused-ring (bicyclic) bond motifs is 3. The first-order valence-corrected chi connectivity index (χ1v) is 38.5. The van der Waals surface area contributed by atoms with Gasteiger partial charge in [-0.05, 0) is 142 Å². The minimum absolute atomic E-state index is 0. The number of benzene rings is 6. The summed E-state index contributed by atoms with van der Waals surface area (Å²) in [7, 11) is -1.12. The molecule has 0 spiro atoms. The van der Waals surface area contributed by atoms with Gasteiger partial charge in [-0.15, -0.1) is 0 Å². The number of hydrogen-bond acceptors (Lipinski definition) is 28. The Bertz CT molecular complexity index is 4200. The third-order valence-corrected chi connectivity index (χ3v) is 20.5. The van der Waals surface area contributed by atoms with Crippen molar-refractivity contribution in [2.24, 2.45) is 11.8 Å². The van der Waals surface area contributed by atoms with E-state index in [1.165, 1.54) is 47.1 Å². The van der Waals surface area contributed by atoms with Crippen LogP contribution in [0.25, 0.3) is 0 Å². The van der Waals surface area contributed by atoms with E-state index < -0.39 is 141 Å². The van der Waals surface area contributed by atoms with Crippen LogP contribution in [0.2, 0.25) is 6.32 Å². The molecule has 0 radical (unpaired) electrons. The van der Waals surface area contributed by atoms with Gasteiger partial charge >= 0.3 is 61.8 Å². The summed E-state index contributed by atoms with van der Waals surface area (Å²) >= 11 is 3.64. The van der Waals surface area contributed by atoms with Crippen molar-refractivity contribution in [1.82, 2.24) is 0 Å². The fraction of sp³-hybridized carbons (Fsp3) is 0.494. The van der Waals surface area contributed by atoms with Crippen LogP contribution in [-0.2, 0) is 104 Å². The fourth-order valence-electron chi connectivity index (χ4n) is 14.0. The Morgan fingerprint density at radius 3 is 1.08 bits per heavy atom. The van der Waals surface area contributed by atoms with E-state index in [-0.39, 0.29) is 43.0 Å². The summed E-state index contributed by atoms with van der Waals surface area (Å²) in [5, 5.41) is 55.9. The summed E-state index contributed by atoms with van der Waals surface area (Å²) in [6.45, 7) is 20.0. The molecule has 15 atom stereocenters. The van der Waals surface area contributed by atoms with Gasteiger partial charge in [0.25, 0.3) is 0 Å². The summed E-state index contributed by atoms with van der Waals surface area (Å²) in [6, 6.07) is 35.2. The van der Waals surface area contributed by atoms with Gasteiger partial charge in [0.1, 0.15) is 108 Å². The average Bonchev–Trinajstić information content (AvgIpc) is 0.782. The smallest absolute Gasteiger partial charge is 0.870 e.